The van der Waals surface area contributed by atoms with E-state index in [0.29, 0.717) is 42.7 Å². The highest BCUT2D eigenvalue weighted by Crippen LogP contribution is 2.59. The Kier molecular flexibility index (Phi) is 15.9. The van der Waals surface area contributed by atoms with Crippen molar-refractivity contribution in [1.29, 1.82) is 0 Å². The van der Waals surface area contributed by atoms with Crippen LogP contribution in [0.25, 0.3) is 0 Å². The van der Waals surface area contributed by atoms with Crippen LogP contribution in [0.3, 0.4) is 0 Å². The second kappa shape index (κ2) is 16.1. The molecule has 26 heteroatoms. The van der Waals surface area contributed by atoms with Crippen LogP contribution >= 0.6 is 0 Å². The summed E-state index contributed by atoms with van der Waals surface area (Å²) in [5.74, 6) is -25.8. The van der Waals surface area contributed by atoms with E-state index in [1.807, 2.05) is 0 Å². The first-order chi connectivity index (χ1) is 21.1. The Morgan fingerprint density at radius 2 is 0.702 bits per heavy atom. The van der Waals surface area contributed by atoms with Crippen molar-refractivity contribution in [2.24, 2.45) is 0 Å². The maximum absolute atomic E-state index is 15.6. The van der Waals surface area contributed by atoms with Crippen molar-refractivity contribution in [2.75, 3.05) is 64.0 Å². The summed E-state index contributed by atoms with van der Waals surface area (Å²) in [7, 11) is -9.19. The Morgan fingerprint density at radius 1 is 0.404 bits per heavy atom. The lowest BCUT2D eigenvalue weighted by Gasteiger charge is -2.44. The normalized spacial score (nSPS) is 17.2. The predicted molar refractivity (Wildman–Crippen MR) is 137 cm³/mol. The predicted octanol–water partition coefficient (Wildman–Crippen LogP) is 6.57. The summed E-state index contributed by atoms with van der Waals surface area (Å²) in [6, 6.07) is 0. The van der Waals surface area contributed by atoms with Crippen molar-refractivity contribution in [2.45, 2.75) is 71.9 Å². The van der Waals surface area contributed by atoms with E-state index >= 15 is 8.78 Å². The molecule has 0 aromatic heterocycles. The number of hydrogen-bond acceptors (Lipinski definition) is 9. The first-order valence-corrected chi connectivity index (χ1v) is 18.1. The molecule has 0 heterocycles. The van der Waals surface area contributed by atoms with Gasteiger partial charge in [-0.3, -0.25) is 0 Å². The maximum Gasteiger partial charge on any atom is 0.509 e. The average molecular weight is 783 g/mol. The number of rotatable bonds is 21. The average Bonchev–Trinajstić information content (AvgIpc) is 2.98. The van der Waals surface area contributed by atoms with E-state index in [0.717, 1.165) is 21.3 Å². The zero-order valence-corrected chi connectivity index (χ0v) is 29.3. The van der Waals surface area contributed by atoms with Gasteiger partial charge in [0, 0.05) is 81.5 Å². The first kappa shape index (κ1) is 46.3. The number of halogens is 14. The Hall–Kier alpha value is -0.689. The molecule has 0 rings (SSSR count). The van der Waals surface area contributed by atoms with E-state index < -0.39 is 98.3 Å². The van der Waals surface area contributed by atoms with Gasteiger partial charge in [0.15, 0.2) is 0 Å². The minimum Gasteiger partial charge on any atom is -0.377 e. The van der Waals surface area contributed by atoms with Gasteiger partial charge in [-0.15, -0.1) is 0 Å². The highest BCUT2D eigenvalue weighted by molar-refractivity contribution is 6.65. The van der Waals surface area contributed by atoms with Gasteiger partial charge in [-0.25, -0.2) is 0 Å². The van der Waals surface area contributed by atoms with Gasteiger partial charge in [0.1, 0.15) is 0 Å². The van der Waals surface area contributed by atoms with E-state index in [1.165, 1.54) is 0 Å². The topological polar surface area (TPSA) is 83.1 Å². The Bertz CT molecular complexity index is 939. The summed E-state index contributed by atoms with van der Waals surface area (Å²) in [4.78, 5) is 0. The van der Waals surface area contributed by atoms with Gasteiger partial charge in [0.2, 0.25) is 0 Å². The molecule has 0 amide bonds. The molecule has 3 unspecified atom stereocenters. The third kappa shape index (κ3) is 8.62. The van der Waals surface area contributed by atoms with Crippen molar-refractivity contribution in [3.05, 3.63) is 0 Å². The van der Waals surface area contributed by atoms with Crippen LogP contribution in [0.4, 0.5) is 61.5 Å². The van der Waals surface area contributed by atoms with Crippen LogP contribution in [0.1, 0.15) is 19.3 Å². The van der Waals surface area contributed by atoms with Gasteiger partial charge < -0.3 is 39.8 Å². The van der Waals surface area contributed by atoms with Gasteiger partial charge >= 0.3 is 62.5 Å². The molecule has 0 spiro atoms. The number of hydrogen-bond donors (Lipinski definition) is 0. The fraction of sp³-hybridized carbons (Fsp3) is 1.00. The molecule has 0 N–H and O–H groups in total. The zero-order valence-electron chi connectivity index (χ0n) is 26.3. The van der Waals surface area contributed by atoms with Crippen LogP contribution in [0.5, 0.6) is 0 Å². The standard InChI is InChI=1S/C21H36F14O9Si3/c1-36-45(37-2,38-3)13(11-15(47(42-7,43-8)44-9)17(24,25)19(28,29)21(33,34)35)10-14(46(39-4,40-5)41-6)12-16(22,23)18(26,27)20(30,31)32/h13-15H,10-12H2,1-9H3. The zero-order chi connectivity index (χ0) is 37.7. The molecule has 0 radical (unpaired) electrons. The van der Waals surface area contributed by atoms with Gasteiger partial charge in [-0.05, 0) is 12.8 Å². The molecule has 47 heavy (non-hydrogen) atoms. The molecule has 0 saturated heterocycles. The third-order valence-electron chi connectivity index (χ3n) is 7.61. The molecular weight excluding hydrogens is 746 g/mol. The first-order valence-electron chi connectivity index (χ1n) is 12.7. The van der Waals surface area contributed by atoms with Crippen molar-refractivity contribution in [1.82, 2.24) is 0 Å². The largest absolute Gasteiger partial charge is 0.509 e. The van der Waals surface area contributed by atoms with E-state index in [9.17, 15) is 52.7 Å². The molecule has 0 aliphatic carbocycles. The fourth-order valence-electron chi connectivity index (χ4n) is 5.11. The maximum atomic E-state index is 15.6. The van der Waals surface area contributed by atoms with Gasteiger partial charge in [0.05, 0.1) is 5.54 Å². The van der Waals surface area contributed by atoms with Crippen molar-refractivity contribution in [3.63, 3.8) is 0 Å². The molecule has 0 aromatic carbocycles. The Morgan fingerprint density at radius 3 is 0.979 bits per heavy atom. The minimum atomic E-state index is -6.92. The summed E-state index contributed by atoms with van der Waals surface area (Å²) in [5, 5.41) is 0. The summed E-state index contributed by atoms with van der Waals surface area (Å²) in [5.41, 5.74) is -8.23. The summed E-state index contributed by atoms with van der Waals surface area (Å²) in [6.07, 6.45) is -19.5. The van der Waals surface area contributed by atoms with Crippen LogP contribution < -0.4 is 0 Å². The molecule has 3 atom stereocenters. The van der Waals surface area contributed by atoms with Crippen molar-refractivity contribution < 1.29 is 101 Å². The quantitative estimate of drug-likeness (QED) is 0.0950. The molecule has 0 saturated carbocycles. The smallest absolute Gasteiger partial charge is 0.377 e. The van der Waals surface area contributed by atoms with Crippen LogP contribution in [0.2, 0.25) is 16.6 Å². The highest BCUT2D eigenvalue weighted by Gasteiger charge is 2.80. The van der Waals surface area contributed by atoms with Crippen LogP contribution in [-0.4, -0.2) is 126 Å². The van der Waals surface area contributed by atoms with Crippen LogP contribution in [0, 0.1) is 0 Å². The van der Waals surface area contributed by atoms with Gasteiger partial charge in [-0.1, -0.05) is 0 Å². The van der Waals surface area contributed by atoms with Crippen molar-refractivity contribution >= 4 is 26.4 Å². The molecule has 9 nitrogen and oxygen atoms in total. The van der Waals surface area contributed by atoms with E-state index in [2.05, 4.69) is 0 Å². The second-order valence-corrected chi connectivity index (χ2v) is 19.4. The molecule has 0 aliphatic rings. The van der Waals surface area contributed by atoms with Crippen LogP contribution in [0.15, 0.2) is 0 Å². The van der Waals surface area contributed by atoms with Crippen molar-refractivity contribution in [3.8, 4) is 0 Å². The molecular formula is C21H36F14O9Si3. The molecule has 0 fully saturated rings. The third-order valence-corrected chi connectivity index (χ3v) is 17.1. The molecule has 284 valence electrons. The SMILES string of the molecule is CO[Si](OC)(OC)C(CC(CC(F)(F)C(F)(F)C(F)(F)F)[Si](OC)(OC)OC)CC(C(F)(F)C(F)(F)C(F)(F)F)[Si](OC)(OC)OC. The van der Waals surface area contributed by atoms with Gasteiger partial charge in [-0.2, -0.15) is 61.5 Å². The lowest BCUT2D eigenvalue weighted by atomic mass is 9.98. The Balaban J connectivity index is 7.90. The Labute approximate surface area is 264 Å². The molecule has 0 bridgehead atoms. The van der Waals surface area contributed by atoms with Gasteiger partial charge in [0.25, 0.3) is 0 Å². The lowest BCUT2D eigenvalue weighted by molar-refractivity contribution is -0.358. The summed E-state index contributed by atoms with van der Waals surface area (Å²) in [6.45, 7) is 0. The number of alkyl halides is 14. The van der Waals surface area contributed by atoms with Crippen LogP contribution in [-0.2, 0) is 39.8 Å². The van der Waals surface area contributed by atoms with E-state index in [1.54, 1.807) is 0 Å². The van der Waals surface area contributed by atoms with E-state index in [4.69, 9.17) is 39.8 Å². The highest BCUT2D eigenvalue weighted by atomic mass is 28.4. The lowest BCUT2D eigenvalue weighted by Crippen LogP contribution is -2.63. The fourth-order valence-corrected chi connectivity index (χ4v) is 13.3. The minimum absolute atomic E-state index is 0.554. The van der Waals surface area contributed by atoms with E-state index in [-0.39, 0.29) is 0 Å². The second-order valence-electron chi connectivity index (χ2n) is 9.74. The monoisotopic (exact) mass is 782 g/mol. The molecule has 0 aromatic rings. The summed E-state index contributed by atoms with van der Waals surface area (Å²) >= 11 is 0. The molecule has 0 aliphatic heterocycles. The summed E-state index contributed by atoms with van der Waals surface area (Å²) < 4.78 is 242.